The molecule has 0 bridgehead atoms. The van der Waals surface area contributed by atoms with Gasteiger partial charge in [0.05, 0.1) is 5.56 Å². The van der Waals surface area contributed by atoms with Crippen LogP contribution in [0.15, 0.2) is 54.6 Å². The Balaban J connectivity index is 1.56. The Hall–Kier alpha value is -2.82. The van der Waals surface area contributed by atoms with Crippen molar-refractivity contribution in [3.8, 4) is 5.75 Å². The molecule has 2 aromatic rings. The minimum absolute atomic E-state index is 0.218. The Labute approximate surface area is 140 Å². The van der Waals surface area contributed by atoms with Gasteiger partial charge < -0.3 is 14.2 Å². The molecule has 0 spiro atoms. The van der Waals surface area contributed by atoms with Gasteiger partial charge in [-0.25, -0.2) is 9.59 Å². The van der Waals surface area contributed by atoms with E-state index in [1.807, 2.05) is 30.3 Å². The van der Waals surface area contributed by atoms with Crippen molar-refractivity contribution in [2.24, 2.45) is 0 Å². The maximum atomic E-state index is 12.1. The van der Waals surface area contributed by atoms with E-state index < -0.39 is 18.0 Å². The topological polar surface area (TPSA) is 61.8 Å². The summed E-state index contributed by atoms with van der Waals surface area (Å²) in [5, 5.41) is 0. The fraction of sp³-hybridized carbons (Fsp3) is 0.263. The molecule has 0 unspecified atom stereocenters. The number of hydrogen-bond acceptors (Lipinski definition) is 5. The van der Waals surface area contributed by atoms with E-state index in [1.54, 1.807) is 31.2 Å². The molecular weight excluding hydrogens is 308 g/mol. The maximum Gasteiger partial charge on any atom is 0.347 e. The zero-order valence-corrected chi connectivity index (χ0v) is 13.3. The molecule has 0 radical (unpaired) electrons. The van der Waals surface area contributed by atoms with Gasteiger partial charge in [0.2, 0.25) is 6.10 Å². The fourth-order valence-corrected chi connectivity index (χ4v) is 2.44. The number of benzene rings is 2. The lowest BCUT2D eigenvalue weighted by Gasteiger charge is -2.09. The van der Waals surface area contributed by atoms with Gasteiger partial charge in [0, 0.05) is 6.42 Å². The molecule has 1 saturated heterocycles. The molecule has 0 aliphatic carbocycles. The van der Waals surface area contributed by atoms with Gasteiger partial charge >= 0.3 is 11.9 Å². The normalized spacial score (nSPS) is 19.6. The molecule has 1 fully saturated rings. The van der Waals surface area contributed by atoms with Crippen LogP contribution in [0, 0.1) is 0 Å². The van der Waals surface area contributed by atoms with Crippen molar-refractivity contribution in [1.29, 1.82) is 0 Å². The Morgan fingerprint density at radius 2 is 1.83 bits per heavy atom. The number of esters is 2. The van der Waals surface area contributed by atoms with E-state index in [0.29, 0.717) is 24.3 Å². The highest BCUT2D eigenvalue weighted by Gasteiger charge is 2.35. The average molecular weight is 326 g/mol. The van der Waals surface area contributed by atoms with Gasteiger partial charge in [-0.2, -0.15) is 0 Å². The molecule has 0 saturated carbocycles. The van der Waals surface area contributed by atoms with Crippen molar-refractivity contribution in [3.63, 3.8) is 0 Å². The predicted molar refractivity (Wildman–Crippen MR) is 86.6 cm³/mol. The molecule has 1 heterocycles. The van der Waals surface area contributed by atoms with E-state index in [4.69, 9.17) is 14.2 Å². The van der Waals surface area contributed by atoms with Gasteiger partial charge in [0.25, 0.3) is 0 Å². The number of carbonyl (C=O) groups is 2. The highest BCUT2D eigenvalue weighted by Crippen LogP contribution is 2.20. The van der Waals surface area contributed by atoms with Crippen molar-refractivity contribution in [1.82, 2.24) is 0 Å². The number of ether oxygens (including phenoxy) is 3. The van der Waals surface area contributed by atoms with Crippen LogP contribution in [0.5, 0.6) is 5.75 Å². The number of hydrogen-bond donors (Lipinski definition) is 0. The van der Waals surface area contributed by atoms with Gasteiger partial charge in [0.1, 0.15) is 18.5 Å². The molecule has 1 aliphatic rings. The minimum Gasteiger partial charge on any atom is -0.489 e. The van der Waals surface area contributed by atoms with Crippen molar-refractivity contribution >= 4 is 11.9 Å². The van der Waals surface area contributed by atoms with Gasteiger partial charge in [0.15, 0.2) is 0 Å². The summed E-state index contributed by atoms with van der Waals surface area (Å²) in [6.07, 6.45) is -0.645. The largest absolute Gasteiger partial charge is 0.489 e. The van der Waals surface area contributed by atoms with Crippen molar-refractivity contribution < 1.29 is 23.8 Å². The van der Waals surface area contributed by atoms with Gasteiger partial charge in [-0.1, -0.05) is 30.3 Å². The van der Waals surface area contributed by atoms with Crippen LogP contribution in [0.1, 0.15) is 29.3 Å². The molecule has 0 N–H and O–H groups in total. The van der Waals surface area contributed by atoms with Crippen LogP contribution in [0.4, 0.5) is 0 Å². The first-order valence-electron chi connectivity index (χ1n) is 7.80. The third-order valence-corrected chi connectivity index (χ3v) is 3.71. The standard InChI is InChI=1S/C19H18O5/c1-13-11-17(19(21)23-13)24-18(20)15-7-9-16(10-8-15)22-12-14-5-3-2-4-6-14/h2-10,13,17H,11-12H2,1H3/t13-,17-/m1/s1. The number of carbonyl (C=O) groups excluding carboxylic acids is 2. The maximum absolute atomic E-state index is 12.1. The minimum atomic E-state index is -0.818. The Morgan fingerprint density at radius 3 is 2.46 bits per heavy atom. The van der Waals surface area contributed by atoms with Crippen LogP contribution >= 0.6 is 0 Å². The molecule has 3 rings (SSSR count). The molecule has 5 heteroatoms. The zero-order chi connectivity index (χ0) is 16.9. The van der Waals surface area contributed by atoms with E-state index in [0.717, 1.165) is 5.56 Å². The second-order valence-electron chi connectivity index (χ2n) is 5.68. The Kier molecular flexibility index (Phi) is 4.79. The first-order valence-corrected chi connectivity index (χ1v) is 7.80. The van der Waals surface area contributed by atoms with Crippen molar-refractivity contribution in [3.05, 3.63) is 65.7 Å². The molecular formula is C19H18O5. The van der Waals surface area contributed by atoms with Crippen LogP contribution < -0.4 is 4.74 Å². The summed E-state index contributed by atoms with van der Waals surface area (Å²) in [4.78, 5) is 23.6. The van der Waals surface area contributed by atoms with Crippen LogP contribution in [-0.2, 0) is 20.9 Å². The molecule has 0 amide bonds. The van der Waals surface area contributed by atoms with Crippen LogP contribution in [0.2, 0.25) is 0 Å². The lowest BCUT2D eigenvalue weighted by atomic mass is 10.2. The summed E-state index contributed by atoms with van der Waals surface area (Å²) in [6.45, 7) is 2.22. The van der Waals surface area contributed by atoms with Gasteiger partial charge in [-0.15, -0.1) is 0 Å². The van der Waals surface area contributed by atoms with Crippen molar-refractivity contribution in [2.45, 2.75) is 32.2 Å². The molecule has 2 atom stereocenters. The third-order valence-electron chi connectivity index (χ3n) is 3.71. The highest BCUT2D eigenvalue weighted by atomic mass is 16.6. The zero-order valence-electron chi connectivity index (χ0n) is 13.3. The lowest BCUT2D eigenvalue weighted by Crippen LogP contribution is -2.22. The van der Waals surface area contributed by atoms with Crippen molar-refractivity contribution in [2.75, 3.05) is 0 Å². The molecule has 5 nitrogen and oxygen atoms in total. The molecule has 0 aromatic heterocycles. The average Bonchev–Trinajstić information content (AvgIpc) is 2.91. The first kappa shape index (κ1) is 16.1. The summed E-state index contributed by atoms with van der Waals surface area (Å²) in [6, 6.07) is 16.5. The summed E-state index contributed by atoms with van der Waals surface area (Å²) in [7, 11) is 0. The summed E-state index contributed by atoms with van der Waals surface area (Å²) in [5.41, 5.74) is 1.43. The predicted octanol–water partition coefficient (Wildman–Crippen LogP) is 3.13. The second kappa shape index (κ2) is 7.17. The number of cyclic esters (lactones) is 1. The summed E-state index contributed by atoms with van der Waals surface area (Å²) in [5.74, 6) is -0.372. The fourth-order valence-electron chi connectivity index (χ4n) is 2.44. The first-order chi connectivity index (χ1) is 11.6. The van der Waals surface area contributed by atoms with E-state index >= 15 is 0 Å². The lowest BCUT2D eigenvalue weighted by molar-refractivity contribution is -0.147. The van der Waals surface area contributed by atoms with Gasteiger partial charge in [-0.05, 0) is 36.8 Å². The summed E-state index contributed by atoms with van der Waals surface area (Å²) < 4.78 is 15.8. The molecule has 24 heavy (non-hydrogen) atoms. The SMILES string of the molecule is C[C@@H]1C[C@@H](OC(=O)c2ccc(OCc3ccccc3)cc2)C(=O)O1. The number of rotatable bonds is 5. The Bertz CT molecular complexity index is 708. The molecule has 1 aliphatic heterocycles. The second-order valence-corrected chi connectivity index (χ2v) is 5.68. The van der Waals surface area contributed by atoms with E-state index in [9.17, 15) is 9.59 Å². The Morgan fingerprint density at radius 1 is 1.12 bits per heavy atom. The molecule has 124 valence electrons. The monoisotopic (exact) mass is 326 g/mol. The van der Waals surface area contributed by atoms with E-state index in [1.165, 1.54) is 0 Å². The smallest absolute Gasteiger partial charge is 0.347 e. The quantitative estimate of drug-likeness (QED) is 0.790. The van der Waals surface area contributed by atoms with Crippen LogP contribution in [-0.4, -0.2) is 24.1 Å². The summed E-state index contributed by atoms with van der Waals surface area (Å²) >= 11 is 0. The van der Waals surface area contributed by atoms with E-state index in [-0.39, 0.29) is 6.10 Å². The third kappa shape index (κ3) is 3.93. The van der Waals surface area contributed by atoms with Gasteiger partial charge in [-0.3, -0.25) is 0 Å². The highest BCUT2D eigenvalue weighted by molar-refractivity contribution is 5.91. The van der Waals surface area contributed by atoms with Crippen LogP contribution in [0.3, 0.4) is 0 Å². The van der Waals surface area contributed by atoms with Crippen LogP contribution in [0.25, 0.3) is 0 Å². The van der Waals surface area contributed by atoms with E-state index in [2.05, 4.69) is 0 Å². The molecule has 2 aromatic carbocycles.